The summed E-state index contributed by atoms with van der Waals surface area (Å²) in [5.41, 5.74) is 2.06. The molecule has 2 amide bonds. The minimum absolute atomic E-state index is 0.0324. The Kier molecular flexibility index (Phi) is 9.47. The quantitative estimate of drug-likeness (QED) is 0.241. The van der Waals surface area contributed by atoms with Crippen LogP contribution in [0.2, 0.25) is 0 Å². The van der Waals surface area contributed by atoms with Gasteiger partial charge in [-0.1, -0.05) is 61.4 Å². The van der Waals surface area contributed by atoms with Gasteiger partial charge in [-0.2, -0.15) is 0 Å². The third kappa shape index (κ3) is 6.83. The first-order valence-electron chi connectivity index (χ1n) is 14.7. The predicted octanol–water partition coefficient (Wildman–Crippen LogP) is 4.80. The number of nitrogens with zero attached hydrogens (tertiary/aromatic N) is 5. The zero-order chi connectivity index (χ0) is 32.1. The fraction of sp³-hybridized carbons (Fsp3) is 0.344. The third-order valence-electron chi connectivity index (χ3n) is 7.84. The van der Waals surface area contributed by atoms with Crippen LogP contribution < -0.4 is 4.90 Å². The van der Waals surface area contributed by atoms with Crippen molar-refractivity contribution in [3.63, 3.8) is 0 Å². The van der Waals surface area contributed by atoms with Crippen molar-refractivity contribution in [3.8, 4) is 0 Å². The molecule has 1 aliphatic rings. The molecule has 12 nitrogen and oxygen atoms in total. The number of amides is 2. The molecule has 2 atom stereocenters. The highest BCUT2D eigenvalue weighted by molar-refractivity contribution is 7.90. The van der Waals surface area contributed by atoms with Crippen LogP contribution in [0.5, 0.6) is 0 Å². The average Bonchev–Trinajstić information content (AvgIpc) is 3.68. The molecule has 0 radical (unpaired) electrons. The molecule has 2 aromatic carbocycles. The number of carbonyl (C=O) groups excluding carboxylic acids is 3. The van der Waals surface area contributed by atoms with Crippen LogP contribution in [0.3, 0.4) is 0 Å². The van der Waals surface area contributed by atoms with Crippen LogP contribution in [0, 0.1) is 18.8 Å². The van der Waals surface area contributed by atoms with Gasteiger partial charge in [0.15, 0.2) is 17.2 Å². The Balaban J connectivity index is 1.34. The molecule has 4 aromatic rings. The van der Waals surface area contributed by atoms with E-state index in [1.54, 1.807) is 19.1 Å². The Labute approximate surface area is 261 Å². The van der Waals surface area contributed by atoms with Gasteiger partial charge in [0.25, 0.3) is 10.0 Å². The van der Waals surface area contributed by atoms with E-state index in [1.807, 2.05) is 44.2 Å². The molecule has 2 unspecified atom stereocenters. The maximum absolute atomic E-state index is 13.7. The largest absolute Gasteiger partial charge is 0.449 e. The lowest BCUT2D eigenvalue weighted by Crippen LogP contribution is -2.41. The summed E-state index contributed by atoms with van der Waals surface area (Å²) in [6.07, 6.45) is 1.94. The topological polar surface area (TPSA) is 141 Å². The second-order valence-electron chi connectivity index (χ2n) is 10.8. The SMILES string of the molecule is CCOC(=O)N(CC(=O)C1CN(C(=O)OCc2ccccc2)CC1CC)c1cnc2c(ccn2S(=O)(=O)c2ccc(C)cc2)n1. The number of aromatic nitrogens is 3. The molecule has 0 spiro atoms. The summed E-state index contributed by atoms with van der Waals surface area (Å²) < 4.78 is 38.3. The first-order chi connectivity index (χ1) is 21.6. The van der Waals surface area contributed by atoms with Gasteiger partial charge in [-0.15, -0.1) is 0 Å². The number of fused-ring (bicyclic) bond motifs is 1. The highest BCUT2D eigenvalue weighted by Gasteiger charge is 2.40. The number of hydrogen-bond donors (Lipinski definition) is 0. The van der Waals surface area contributed by atoms with Crippen molar-refractivity contribution in [1.29, 1.82) is 0 Å². The zero-order valence-electron chi connectivity index (χ0n) is 25.3. The van der Waals surface area contributed by atoms with E-state index in [1.165, 1.54) is 35.5 Å². The summed E-state index contributed by atoms with van der Waals surface area (Å²) in [6.45, 7) is 5.79. The number of hydrogen-bond acceptors (Lipinski definition) is 9. The van der Waals surface area contributed by atoms with Gasteiger partial charge < -0.3 is 14.4 Å². The minimum Gasteiger partial charge on any atom is -0.449 e. The molecule has 13 heteroatoms. The lowest BCUT2D eigenvalue weighted by atomic mass is 9.90. The number of benzene rings is 2. The minimum atomic E-state index is -3.96. The smallest absolute Gasteiger partial charge is 0.415 e. The second-order valence-corrected chi connectivity index (χ2v) is 12.7. The van der Waals surface area contributed by atoms with Gasteiger partial charge >= 0.3 is 12.2 Å². The Bertz CT molecular complexity index is 1790. The number of ketones is 1. The molecule has 1 fully saturated rings. The van der Waals surface area contributed by atoms with Gasteiger partial charge in [0, 0.05) is 25.2 Å². The Morgan fingerprint density at radius 3 is 2.40 bits per heavy atom. The maximum Gasteiger partial charge on any atom is 0.415 e. The summed E-state index contributed by atoms with van der Waals surface area (Å²) in [6, 6.07) is 17.2. The second kappa shape index (κ2) is 13.5. The summed E-state index contributed by atoms with van der Waals surface area (Å²) >= 11 is 0. The standard InChI is InChI=1S/C32H35N5O7S/c1-4-24-18-35(31(39)44-21-23-9-7-6-8-10-23)19-26(24)28(38)20-36(32(40)43-5-2)29-17-33-30-27(34-29)15-16-37(30)45(41,42)25-13-11-22(3)12-14-25/h6-17,24,26H,4-5,18-21H2,1-3H3. The van der Waals surface area contributed by atoms with Crippen LogP contribution in [0.4, 0.5) is 15.4 Å². The monoisotopic (exact) mass is 633 g/mol. The van der Waals surface area contributed by atoms with Gasteiger partial charge in [-0.3, -0.25) is 9.69 Å². The van der Waals surface area contributed by atoms with Gasteiger partial charge in [-0.25, -0.2) is 31.9 Å². The normalized spacial score (nSPS) is 16.5. The number of anilines is 1. The van der Waals surface area contributed by atoms with Crippen molar-refractivity contribution in [2.75, 3.05) is 31.1 Å². The lowest BCUT2D eigenvalue weighted by Gasteiger charge is -2.23. The number of likely N-dealkylation sites (tertiary alicyclic amines) is 1. The fourth-order valence-corrected chi connectivity index (χ4v) is 6.65. The summed E-state index contributed by atoms with van der Waals surface area (Å²) in [7, 11) is -3.96. The molecule has 3 heterocycles. The van der Waals surface area contributed by atoms with Crippen molar-refractivity contribution >= 4 is 45.0 Å². The van der Waals surface area contributed by atoms with Crippen LogP contribution in [-0.4, -0.2) is 71.5 Å². The van der Waals surface area contributed by atoms with Gasteiger partial charge in [0.05, 0.1) is 24.2 Å². The van der Waals surface area contributed by atoms with Gasteiger partial charge in [-0.05, 0) is 43.5 Å². The number of rotatable bonds is 10. The average molecular weight is 634 g/mol. The summed E-state index contributed by atoms with van der Waals surface area (Å²) in [5, 5.41) is 0. The van der Waals surface area contributed by atoms with Crippen molar-refractivity contribution in [2.45, 2.75) is 38.7 Å². The summed E-state index contributed by atoms with van der Waals surface area (Å²) in [4.78, 5) is 51.1. The van der Waals surface area contributed by atoms with Crippen LogP contribution in [-0.2, 0) is 30.9 Å². The Morgan fingerprint density at radius 1 is 0.978 bits per heavy atom. The van der Waals surface area contributed by atoms with Crippen LogP contribution in [0.15, 0.2) is 78.0 Å². The van der Waals surface area contributed by atoms with Crippen LogP contribution >= 0.6 is 0 Å². The molecule has 0 bridgehead atoms. The highest BCUT2D eigenvalue weighted by atomic mass is 32.2. The molecule has 0 N–H and O–H groups in total. The van der Waals surface area contributed by atoms with Crippen molar-refractivity contribution < 1.29 is 32.3 Å². The van der Waals surface area contributed by atoms with E-state index >= 15 is 0 Å². The molecule has 5 rings (SSSR count). The predicted molar refractivity (Wildman–Crippen MR) is 166 cm³/mol. The number of aryl methyl sites for hydroxylation is 1. The third-order valence-corrected chi connectivity index (χ3v) is 9.52. The molecule has 1 aliphatic heterocycles. The lowest BCUT2D eigenvalue weighted by molar-refractivity contribution is -0.122. The van der Waals surface area contributed by atoms with E-state index in [9.17, 15) is 22.8 Å². The molecule has 1 saturated heterocycles. The first-order valence-corrected chi connectivity index (χ1v) is 16.1. The molecule has 45 heavy (non-hydrogen) atoms. The molecule has 236 valence electrons. The molecular weight excluding hydrogens is 598 g/mol. The molecule has 2 aromatic heterocycles. The van der Waals surface area contributed by atoms with Crippen LogP contribution in [0.25, 0.3) is 11.2 Å². The summed E-state index contributed by atoms with van der Waals surface area (Å²) in [5.74, 6) is -0.895. The van der Waals surface area contributed by atoms with Gasteiger partial charge in [0.2, 0.25) is 0 Å². The van der Waals surface area contributed by atoms with E-state index in [2.05, 4.69) is 9.97 Å². The fourth-order valence-electron chi connectivity index (χ4n) is 5.35. The van der Waals surface area contributed by atoms with Crippen molar-refractivity contribution in [1.82, 2.24) is 18.8 Å². The number of carbonyl (C=O) groups is 3. The molecule has 0 aliphatic carbocycles. The molecular formula is C32H35N5O7S. The van der Waals surface area contributed by atoms with Gasteiger partial charge in [0.1, 0.15) is 12.1 Å². The van der Waals surface area contributed by atoms with E-state index < -0.39 is 28.1 Å². The maximum atomic E-state index is 13.7. The van der Waals surface area contributed by atoms with E-state index in [0.717, 1.165) is 20.0 Å². The first kappa shape index (κ1) is 31.6. The molecule has 0 saturated carbocycles. The number of ether oxygens (including phenoxy) is 2. The zero-order valence-corrected chi connectivity index (χ0v) is 26.1. The van der Waals surface area contributed by atoms with E-state index in [-0.39, 0.29) is 59.9 Å². The van der Waals surface area contributed by atoms with E-state index in [4.69, 9.17) is 9.47 Å². The highest BCUT2D eigenvalue weighted by Crippen LogP contribution is 2.29. The van der Waals surface area contributed by atoms with Crippen molar-refractivity contribution in [2.24, 2.45) is 11.8 Å². The Morgan fingerprint density at radius 2 is 1.71 bits per heavy atom. The number of Topliss-reactive ketones (excluding diaryl/α,β-unsaturated/α-hetero) is 1. The Hall–Kier alpha value is -4.78. The van der Waals surface area contributed by atoms with Crippen LogP contribution in [0.1, 0.15) is 31.4 Å². The van der Waals surface area contributed by atoms with Crippen molar-refractivity contribution in [3.05, 3.63) is 84.2 Å². The van der Waals surface area contributed by atoms with E-state index in [0.29, 0.717) is 13.0 Å².